The van der Waals surface area contributed by atoms with Crippen molar-refractivity contribution in [1.82, 2.24) is 5.32 Å². The van der Waals surface area contributed by atoms with Gasteiger partial charge in [-0.05, 0) is 55.3 Å². The van der Waals surface area contributed by atoms with Crippen molar-refractivity contribution >= 4 is 5.91 Å². The van der Waals surface area contributed by atoms with Crippen LogP contribution in [0.25, 0.3) is 0 Å². The van der Waals surface area contributed by atoms with Crippen molar-refractivity contribution < 1.29 is 4.79 Å². The van der Waals surface area contributed by atoms with E-state index in [0.29, 0.717) is 22.8 Å². The molecule has 3 atom stereocenters. The first-order valence-corrected chi connectivity index (χ1v) is 8.64. The van der Waals surface area contributed by atoms with Crippen LogP contribution in [0, 0.1) is 22.7 Å². The molecule has 0 aliphatic heterocycles. The summed E-state index contributed by atoms with van der Waals surface area (Å²) in [6, 6.07) is 0.615. The minimum absolute atomic E-state index is 0.174. The highest BCUT2D eigenvalue weighted by Gasteiger charge is 2.40. The molecule has 122 valence electrons. The Labute approximate surface area is 130 Å². The molecular formula is C18H34N2O. The molecule has 0 heterocycles. The highest BCUT2D eigenvalue weighted by Crippen LogP contribution is 2.45. The summed E-state index contributed by atoms with van der Waals surface area (Å²) in [5.74, 6) is 0.911. The molecule has 2 rings (SSSR count). The standard InChI is InChI=1S/C18H34N2O/c1-12-8-13(6-7-15(12)19)16(21)20-14-9-17(2,3)11-18(4,5)10-14/h12-15H,6-11,19H2,1-5H3,(H,20,21). The van der Waals surface area contributed by atoms with E-state index in [1.807, 2.05) is 0 Å². The Hall–Kier alpha value is -0.570. The van der Waals surface area contributed by atoms with Crippen molar-refractivity contribution in [3.8, 4) is 0 Å². The summed E-state index contributed by atoms with van der Waals surface area (Å²) in [6.07, 6.45) is 6.33. The van der Waals surface area contributed by atoms with Gasteiger partial charge in [-0.25, -0.2) is 0 Å². The minimum atomic E-state index is 0.174. The summed E-state index contributed by atoms with van der Waals surface area (Å²) in [4.78, 5) is 12.6. The first-order chi connectivity index (χ1) is 9.58. The maximum absolute atomic E-state index is 12.6. The molecule has 3 N–H and O–H groups in total. The highest BCUT2D eigenvalue weighted by atomic mass is 16.1. The fourth-order valence-corrected chi connectivity index (χ4v) is 4.92. The van der Waals surface area contributed by atoms with E-state index in [0.717, 1.165) is 32.1 Å². The number of rotatable bonds is 2. The molecular weight excluding hydrogens is 260 g/mol. The van der Waals surface area contributed by atoms with E-state index >= 15 is 0 Å². The Morgan fingerprint density at radius 3 is 2.19 bits per heavy atom. The lowest BCUT2D eigenvalue weighted by molar-refractivity contribution is -0.128. The number of carbonyl (C=O) groups is 1. The van der Waals surface area contributed by atoms with Gasteiger partial charge in [-0.2, -0.15) is 0 Å². The summed E-state index contributed by atoms with van der Waals surface area (Å²) in [5.41, 5.74) is 6.71. The maximum atomic E-state index is 12.6. The Morgan fingerprint density at radius 1 is 1.10 bits per heavy atom. The average molecular weight is 294 g/mol. The zero-order chi connectivity index (χ0) is 15.8. The average Bonchev–Trinajstić information content (AvgIpc) is 2.28. The predicted molar refractivity (Wildman–Crippen MR) is 87.8 cm³/mol. The van der Waals surface area contributed by atoms with Crippen LogP contribution in [-0.4, -0.2) is 18.0 Å². The zero-order valence-electron chi connectivity index (χ0n) is 14.5. The second-order valence-corrected chi connectivity index (χ2v) is 9.27. The molecule has 3 unspecified atom stereocenters. The van der Waals surface area contributed by atoms with Gasteiger partial charge >= 0.3 is 0 Å². The van der Waals surface area contributed by atoms with Gasteiger partial charge in [0.05, 0.1) is 0 Å². The number of hydrogen-bond acceptors (Lipinski definition) is 2. The summed E-state index contributed by atoms with van der Waals surface area (Å²) >= 11 is 0. The Balaban J connectivity index is 1.93. The van der Waals surface area contributed by atoms with Gasteiger partial charge in [-0.15, -0.1) is 0 Å². The molecule has 0 radical (unpaired) electrons. The molecule has 1 amide bonds. The van der Waals surface area contributed by atoms with Crippen LogP contribution in [0.1, 0.15) is 73.1 Å². The third-order valence-electron chi connectivity index (χ3n) is 5.51. The quantitative estimate of drug-likeness (QED) is 0.819. The molecule has 0 aromatic heterocycles. The van der Waals surface area contributed by atoms with E-state index < -0.39 is 0 Å². The second kappa shape index (κ2) is 5.91. The molecule has 0 bridgehead atoms. The second-order valence-electron chi connectivity index (χ2n) is 9.27. The lowest BCUT2D eigenvalue weighted by Gasteiger charge is -2.45. The van der Waals surface area contributed by atoms with Crippen molar-refractivity contribution in [2.75, 3.05) is 0 Å². The summed E-state index contributed by atoms with van der Waals surface area (Å²) < 4.78 is 0. The summed E-state index contributed by atoms with van der Waals surface area (Å²) in [7, 11) is 0. The van der Waals surface area contributed by atoms with Crippen LogP contribution in [-0.2, 0) is 4.79 Å². The van der Waals surface area contributed by atoms with Crippen LogP contribution in [0.5, 0.6) is 0 Å². The number of nitrogens with one attached hydrogen (secondary N) is 1. The fourth-order valence-electron chi connectivity index (χ4n) is 4.92. The summed E-state index contributed by atoms with van der Waals surface area (Å²) in [6.45, 7) is 11.5. The van der Waals surface area contributed by atoms with Gasteiger partial charge in [0.15, 0.2) is 0 Å². The Morgan fingerprint density at radius 2 is 1.67 bits per heavy atom. The van der Waals surface area contributed by atoms with Crippen molar-refractivity contribution in [3.05, 3.63) is 0 Å². The first-order valence-electron chi connectivity index (χ1n) is 8.64. The van der Waals surface area contributed by atoms with Gasteiger partial charge in [0.1, 0.15) is 0 Å². The van der Waals surface area contributed by atoms with E-state index in [2.05, 4.69) is 39.9 Å². The molecule has 0 spiro atoms. The molecule has 0 aromatic rings. The molecule has 2 aliphatic rings. The van der Waals surface area contributed by atoms with Gasteiger partial charge in [-0.1, -0.05) is 34.6 Å². The maximum Gasteiger partial charge on any atom is 0.223 e. The molecule has 3 nitrogen and oxygen atoms in total. The Kier molecular flexibility index (Phi) is 4.72. The number of carbonyl (C=O) groups excluding carboxylic acids is 1. The van der Waals surface area contributed by atoms with E-state index in [9.17, 15) is 4.79 Å². The predicted octanol–water partition coefficient (Wildman–Crippen LogP) is 3.47. The van der Waals surface area contributed by atoms with E-state index in [1.165, 1.54) is 6.42 Å². The van der Waals surface area contributed by atoms with Crippen LogP contribution in [0.2, 0.25) is 0 Å². The van der Waals surface area contributed by atoms with Crippen molar-refractivity contribution in [2.45, 2.75) is 85.2 Å². The number of nitrogens with two attached hydrogens (primary N) is 1. The number of hydrogen-bond donors (Lipinski definition) is 2. The zero-order valence-corrected chi connectivity index (χ0v) is 14.5. The van der Waals surface area contributed by atoms with E-state index in [-0.39, 0.29) is 17.9 Å². The smallest absolute Gasteiger partial charge is 0.223 e. The van der Waals surface area contributed by atoms with E-state index in [4.69, 9.17) is 5.73 Å². The van der Waals surface area contributed by atoms with Gasteiger partial charge in [0.2, 0.25) is 5.91 Å². The molecule has 0 aromatic carbocycles. The molecule has 2 fully saturated rings. The van der Waals surface area contributed by atoms with Gasteiger partial charge in [0, 0.05) is 18.0 Å². The van der Waals surface area contributed by atoms with Crippen molar-refractivity contribution in [3.63, 3.8) is 0 Å². The third-order valence-corrected chi connectivity index (χ3v) is 5.51. The lowest BCUT2D eigenvalue weighted by Crippen LogP contribution is -2.49. The normalized spacial score (nSPS) is 36.2. The Bertz CT molecular complexity index is 373. The largest absolute Gasteiger partial charge is 0.353 e. The van der Waals surface area contributed by atoms with Crippen LogP contribution < -0.4 is 11.1 Å². The molecule has 0 saturated heterocycles. The SMILES string of the molecule is CC1CC(C(=O)NC2CC(C)(C)CC(C)(C)C2)CCC1N. The van der Waals surface area contributed by atoms with Crippen LogP contribution >= 0.6 is 0 Å². The molecule has 21 heavy (non-hydrogen) atoms. The van der Waals surface area contributed by atoms with Gasteiger partial charge in [-0.3, -0.25) is 4.79 Å². The van der Waals surface area contributed by atoms with Crippen molar-refractivity contribution in [2.24, 2.45) is 28.4 Å². The monoisotopic (exact) mass is 294 g/mol. The van der Waals surface area contributed by atoms with Crippen LogP contribution in [0.3, 0.4) is 0 Å². The molecule has 2 aliphatic carbocycles. The number of amides is 1. The highest BCUT2D eigenvalue weighted by molar-refractivity contribution is 5.79. The minimum Gasteiger partial charge on any atom is -0.353 e. The van der Waals surface area contributed by atoms with Crippen LogP contribution in [0.4, 0.5) is 0 Å². The third kappa shape index (κ3) is 4.45. The van der Waals surface area contributed by atoms with E-state index in [1.54, 1.807) is 0 Å². The molecule has 3 heteroatoms. The first kappa shape index (κ1) is 16.8. The van der Waals surface area contributed by atoms with Crippen molar-refractivity contribution in [1.29, 1.82) is 0 Å². The van der Waals surface area contributed by atoms with Crippen LogP contribution in [0.15, 0.2) is 0 Å². The van der Waals surface area contributed by atoms with Gasteiger partial charge < -0.3 is 11.1 Å². The fraction of sp³-hybridized carbons (Fsp3) is 0.944. The topological polar surface area (TPSA) is 55.1 Å². The molecule has 2 saturated carbocycles. The summed E-state index contributed by atoms with van der Waals surface area (Å²) in [5, 5.41) is 3.36. The van der Waals surface area contributed by atoms with Gasteiger partial charge in [0.25, 0.3) is 0 Å². The lowest BCUT2D eigenvalue weighted by atomic mass is 9.63.